The highest BCUT2D eigenvalue weighted by molar-refractivity contribution is 7.26. The second-order valence-electron chi connectivity index (χ2n) is 17.2. The van der Waals surface area contributed by atoms with Gasteiger partial charge >= 0.3 is 0 Å². The molecule has 5 aromatic heterocycles. The molecule has 14 aromatic rings. The molecular weight excluding hydrogens is 881 g/mol. The number of benzene rings is 9. The van der Waals surface area contributed by atoms with Crippen LogP contribution >= 0.6 is 22.7 Å². The lowest BCUT2D eigenvalue weighted by Crippen LogP contribution is -2.04. The average Bonchev–Trinajstić information content (AvgIpc) is 4.11. The van der Waals surface area contributed by atoms with Crippen LogP contribution in [0.15, 0.2) is 218 Å². The van der Waals surface area contributed by atoms with Crippen LogP contribution in [0.3, 0.4) is 0 Å². The molecule has 14 rings (SSSR count). The van der Waals surface area contributed by atoms with E-state index in [1.165, 1.54) is 35.6 Å². The second kappa shape index (κ2) is 16.0. The Kier molecular flexibility index (Phi) is 9.15. The highest BCUT2D eigenvalue weighted by Gasteiger charge is 2.24. The molecule has 0 atom stereocenters. The summed E-state index contributed by atoms with van der Waals surface area (Å²) in [6.07, 6.45) is 0. The number of aromatic nitrogens is 6. The summed E-state index contributed by atoms with van der Waals surface area (Å²) in [6.45, 7) is 0. The summed E-state index contributed by atoms with van der Waals surface area (Å²) in [7, 11) is 0. The molecule has 0 saturated carbocycles. The lowest BCUT2D eigenvalue weighted by atomic mass is 10.0. The van der Waals surface area contributed by atoms with Crippen molar-refractivity contribution in [2.75, 3.05) is 0 Å². The van der Waals surface area contributed by atoms with Crippen molar-refractivity contribution in [3.05, 3.63) is 218 Å². The smallest absolute Gasteiger partial charge is 0.166 e. The maximum absolute atomic E-state index is 5.54. The van der Waals surface area contributed by atoms with E-state index in [4.69, 9.17) is 24.9 Å². The predicted octanol–water partition coefficient (Wildman–Crippen LogP) is 16.5. The molecule has 0 saturated heterocycles. The van der Waals surface area contributed by atoms with Crippen molar-refractivity contribution in [3.63, 3.8) is 0 Å². The Balaban J connectivity index is 1.08. The summed E-state index contributed by atoms with van der Waals surface area (Å²) in [5, 5.41) is 5.92. The van der Waals surface area contributed by atoms with Crippen molar-refractivity contribution >= 4 is 85.0 Å². The van der Waals surface area contributed by atoms with E-state index >= 15 is 0 Å². The van der Waals surface area contributed by atoms with E-state index in [2.05, 4.69) is 187 Å². The number of thiophene rings is 2. The van der Waals surface area contributed by atoms with Gasteiger partial charge in [-0.1, -0.05) is 170 Å². The average molecular weight is 917 g/mol. The number of nitrogens with zero attached hydrogens (tertiary/aromatic N) is 6. The van der Waals surface area contributed by atoms with Gasteiger partial charge in [-0.2, -0.15) is 0 Å². The van der Waals surface area contributed by atoms with Gasteiger partial charge in [-0.3, -0.25) is 0 Å². The van der Waals surface area contributed by atoms with E-state index in [0.717, 1.165) is 77.0 Å². The zero-order valence-corrected chi connectivity index (χ0v) is 38.4. The monoisotopic (exact) mass is 916 g/mol. The van der Waals surface area contributed by atoms with Gasteiger partial charge in [0.1, 0.15) is 0 Å². The molecule has 0 aliphatic heterocycles. The molecule has 322 valence electrons. The summed E-state index contributed by atoms with van der Waals surface area (Å²) in [6, 6.07) is 76.7. The molecule has 8 heteroatoms. The first-order valence-corrected chi connectivity index (χ1v) is 24.5. The largest absolute Gasteiger partial charge is 0.308 e. The summed E-state index contributed by atoms with van der Waals surface area (Å²) >= 11 is 3.57. The summed E-state index contributed by atoms with van der Waals surface area (Å²) in [4.78, 5) is 26.9. The fraction of sp³-hybridized carbons (Fsp3) is 0. The van der Waals surface area contributed by atoms with Crippen LogP contribution < -0.4 is 0 Å². The number of rotatable bonds is 7. The third-order valence-corrected chi connectivity index (χ3v) is 15.4. The van der Waals surface area contributed by atoms with E-state index in [-0.39, 0.29) is 0 Å². The fourth-order valence-corrected chi connectivity index (χ4v) is 12.1. The standard InChI is InChI=1S/C61H36N6S2/c1-4-17-37(18-5-1)40-23-16-24-41(35-40)54-57-55(46-27-12-15-30-51(46)69-57)63-60(62-54)42-31-33-49(47(36-42)61-65-58(38-19-6-2-7-20-38)64-59(66-61)39-21-8-3-9-22-39)67-48-28-13-10-25-43(48)44-32-34-52-53(56(44)67)45-26-11-14-29-50(45)68-52/h1-36H. The summed E-state index contributed by atoms with van der Waals surface area (Å²) in [5.74, 6) is 2.35. The summed E-state index contributed by atoms with van der Waals surface area (Å²) < 4.78 is 7.13. The number of hydrogen-bond donors (Lipinski definition) is 0. The number of fused-ring (bicyclic) bond motifs is 10. The lowest BCUT2D eigenvalue weighted by molar-refractivity contribution is 1.06. The highest BCUT2D eigenvalue weighted by Crippen LogP contribution is 2.46. The Labute approximate surface area is 404 Å². The van der Waals surface area contributed by atoms with Gasteiger partial charge in [0, 0.05) is 68.8 Å². The molecule has 0 radical (unpaired) electrons. The molecule has 0 aliphatic carbocycles. The van der Waals surface area contributed by atoms with Crippen molar-refractivity contribution in [2.45, 2.75) is 0 Å². The van der Waals surface area contributed by atoms with Crippen LogP contribution in [0.4, 0.5) is 0 Å². The maximum Gasteiger partial charge on any atom is 0.166 e. The van der Waals surface area contributed by atoms with Crippen molar-refractivity contribution in [3.8, 4) is 73.6 Å². The predicted molar refractivity (Wildman–Crippen MR) is 288 cm³/mol. The van der Waals surface area contributed by atoms with E-state index in [0.29, 0.717) is 23.3 Å². The van der Waals surface area contributed by atoms with Gasteiger partial charge in [0.15, 0.2) is 23.3 Å². The molecular formula is C61H36N6S2. The fourth-order valence-electron chi connectivity index (χ4n) is 9.89. The van der Waals surface area contributed by atoms with E-state index in [9.17, 15) is 0 Å². The topological polar surface area (TPSA) is 69.4 Å². The molecule has 0 bridgehead atoms. The van der Waals surface area contributed by atoms with Crippen LogP contribution in [0.2, 0.25) is 0 Å². The Morgan fingerprint density at radius 3 is 1.65 bits per heavy atom. The molecule has 0 amide bonds. The van der Waals surface area contributed by atoms with Crippen LogP contribution in [0.5, 0.6) is 0 Å². The van der Waals surface area contributed by atoms with Crippen LogP contribution in [0.25, 0.3) is 136 Å². The van der Waals surface area contributed by atoms with Crippen molar-refractivity contribution in [2.24, 2.45) is 0 Å². The van der Waals surface area contributed by atoms with Gasteiger partial charge in [-0.25, -0.2) is 24.9 Å². The van der Waals surface area contributed by atoms with Gasteiger partial charge < -0.3 is 4.57 Å². The Bertz CT molecular complexity index is 4250. The Morgan fingerprint density at radius 2 is 0.913 bits per heavy atom. The summed E-state index contributed by atoms with van der Waals surface area (Å²) in [5.41, 5.74) is 11.8. The first-order valence-electron chi connectivity index (χ1n) is 22.9. The lowest BCUT2D eigenvalue weighted by Gasteiger charge is -2.17. The van der Waals surface area contributed by atoms with E-state index in [1.807, 2.05) is 47.7 Å². The van der Waals surface area contributed by atoms with Gasteiger partial charge in [0.05, 0.1) is 32.6 Å². The SMILES string of the molecule is c1ccc(-c2cccc(-c3nc(-c4ccc(-n5c6ccccc6c6ccc7sc8ccccc8c7c65)c(-c5nc(-c6ccccc6)nc(-c6ccccc6)n5)c4)nc4c3sc3ccccc34)c2)cc1. The molecule has 0 fully saturated rings. The Morgan fingerprint density at radius 1 is 0.333 bits per heavy atom. The first-order chi connectivity index (χ1) is 34.2. The molecule has 0 unspecified atom stereocenters. The number of hydrogen-bond acceptors (Lipinski definition) is 7. The maximum atomic E-state index is 5.54. The minimum absolute atomic E-state index is 0.547. The van der Waals surface area contributed by atoms with Crippen LogP contribution in [0.1, 0.15) is 0 Å². The molecule has 0 aliphatic rings. The molecule has 0 N–H and O–H groups in total. The van der Waals surface area contributed by atoms with Crippen molar-refractivity contribution < 1.29 is 0 Å². The van der Waals surface area contributed by atoms with Crippen LogP contribution in [-0.4, -0.2) is 29.5 Å². The zero-order chi connectivity index (χ0) is 45.4. The Hall–Kier alpha value is -8.69. The minimum atomic E-state index is 0.547. The van der Waals surface area contributed by atoms with Crippen molar-refractivity contribution in [1.82, 2.24) is 29.5 Å². The molecule has 0 spiro atoms. The normalized spacial score (nSPS) is 11.8. The van der Waals surface area contributed by atoms with Gasteiger partial charge in [0.25, 0.3) is 0 Å². The van der Waals surface area contributed by atoms with Gasteiger partial charge in [-0.15, -0.1) is 22.7 Å². The quantitative estimate of drug-likeness (QED) is 0.159. The van der Waals surface area contributed by atoms with Crippen LogP contribution in [0, 0.1) is 0 Å². The van der Waals surface area contributed by atoms with Crippen molar-refractivity contribution in [1.29, 1.82) is 0 Å². The second-order valence-corrected chi connectivity index (χ2v) is 19.3. The molecule has 69 heavy (non-hydrogen) atoms. The van der Waals surface area contributed by atoms with E-state index < -0.39 is 0 Å². The molecule has 6 nitrogen and oxygen atoms in total. The zero-order valence-electron chi connectivity index (χ0n) is 36.8. The first kappa shape index (κ1) is 39.5. The van der Waals surface area contributed by atoms with Gasteiger partial charge in [0.2, 0.25) is 0 Å². The van der Waals surface area contributed by atoms with E-state index in [1.54, 1.807) is 11.3 Å². The van der Waals surface area contributed by atoms with Crippen LogP contribution in [-0.2, 0) is 0 Å². The highest BCUT2D eigenvalue weighted by atomic mass is 32.1. The minimum Gasteiger partial charge on any atom is -0.308 e. The van der Waals surface area contributed by atoms with Gasteiger partial charge in [-0.05, 0) is 59.7 Å². The number of para-hydroxylation sites is 1. The molecule has 9 aromatic carbocycles. The third-order valence-electron chi connectivity index (χ3n) is 13.1. The third kappa shape index (κ3) is 6.56. The molecule has 5 heterocycles.